The molecule has 5 aromatic rings. The quantitative estimate of drug-likeness (QED) is 0.460. The highest BCUT2D eigenvalue weighted by Crippen LogP contribution is 2.27. The first kappa shape index (κ1) is 16.1. The maximum absolute atomic E-state index is 4.89. The summed E-state index contributed by atoms with van der Waals surface area (Å²) >= 11 is 0. The molecule has 0 radical (unpaired) electrons. The van der Waals surface area contributed by atoms with Crippen molar-refractivity contribution >= 4 is 28.1 Å². The van der Waals surface area contributed by atoms with Gasteiger partial charge < -0.3 is 0 Å². The van der Waals surface area contributed by atoms with E-state index in [9.17, 15) is 0 Å². The third-order valence-electron chi connectivity index (χ3n) is 5.43. The summed E-state index contributed by atoms with van der Waals surface area (Å²) < 4.78 is 1.87. The molecule has 0 saturated heterocycles. The zero-order valence-corrected chi connectivity index (χ0v) is 15.7. The van der Waals surface area contributed by atoms with Gasteiger partial charge in [-0.15, -0.1) is 5.10 Å². The van der Waals surface area contributed by atoms with E-state index >= 15 is 0 Å². The molecule has 0 fully saturated rings. The molecule has 6 rings (SSSR count). The lowest BCUT2D eigenvalue weighted by atomic mass is 10.0. The van der Waals surface area contributed by atoms with E-state index in [1.54, 1.807) is 0 Å². The molecule has 0 unspecified atom stereocenters. The van der Waals surface area contributed by atoms with Crippen molar-refractivity contribution in [2.24, 2.45) is 0 Å². The van der Waals surface area contributed by atoms with Crippen molar-refractivity contribution in [2.45, 2.75) is 13.0 Å². The van der Waals surface area contributed by atoms with E-state index in [0.717, 1.165) is 45.3 Å². The molecule has 0 aliphatic heterocycles. The summed E-state index contributed by atoms with van der Waals surface area (Å²) in [7, 11) is 0. The zero-order chi connectivity index (χ0) is 19.2. The van der Waals surface area contributed by atoms with Crippen molar-refractivity contribution < 1.29 is 0 Å². The molecule has 0 saturated carbocycles. The van der Waals surface area contributed by atoms with Crippen molar-refractivity contribution in [3.8, 4) is 11.3 Å². The fourth-order valence-corrected chi connectivity index (χ4v) is 3.93. The van der Waals surface area contributed by atoms with Crippen LogP contribution in [-0.4, -0.2) is 25.0 Å². The molecule has 1 aliphatic rings. The average Bonchev–Trinajstić information content (AvgIpc) is 3.40. The zero-order valence-electron chi connectivity index (χ0n) is 15.7. The normalized spacial score (nSPS) is 12.7. The first-order valence-electron chi connectivity index (χ1n) is 9.67. The van der Waals surface area contributed by atoms with Crippen LogP contribution in [0, 0.1) is 0 Å². The second-order valence-corrected chi connectivity index (χ2v) is 7.34. The monoisotopic (exact) mass is 375 g/mol. The molecule has 0 atom stereocenters. The summed E-state index contributed by atoms with van der Waals surface area (Å²) in [4.78, 5) is 9.28. The molecule has 3 aromatic heterocycles. The maximum Gasteiger partial charge on any atom is 0.179 e. The summed E-state index contributed by atoms with van der Waals surface area (Å²) in [6.07, 6.45) is 7.17. The molecule has 0 bridgehead atoms. The largest absolute Gasteiger partial charge is 0.256 e. The predicted octanol–water partition coefficient (Wildman–Crippen LogP) is 4.66. The van der Waals surface area contributed by atoms with Gasteiger partial charge in [0.05, 0.1) is 17.8 Å². The van der Waals surface area contributed by atoms with Crippen molar-refractivity contribution in [2.75, 3.05) is 0 Å². The number of hydrogen-bond donors (Lipinski definition) is 0. The minimum Gasteiger partial charge on any atom is -0.256 e. The number of hydrogen-bond acceptors (Lipinski definition) is 4. The van der Waals surface area contributed by atoms with E-state index in [4.69, 9.17) is 4.98 Å². The molecular weight excluding hydrogens is 358 g/mol. The molecule has 2 aromatic carbocycles. The van der Waals surface area contributed by atoms with E-state index in [1.807, 2.05) is 35.1 Å². The summed E-state index contributed by atoms with van der Waals surface area (Å²) in [5.74, 6) is 0. The summed E-state index contributed by atoms with van der Waals surface area (Å²) in [6.45, 7) is 0.617. The first-order chi connectivity index (χ1) is 14.3. The van der Waals surface area contributed by atoms with Gasteiger partial charge in [-0.3, -0.25) is 4.98 Å². The second kappa shape index (κ2) is 6.34. The molecule has 0 spiro atoms. The van der Waals surface area contributed by atoms with Gasteiger partial charge >= 0.3 is 0 Å². The first-order valence-corrected chi connectivity index (χ1v) is 9.67. The Labute approximate surface area is 167 Å². The van der Waals surface area contributed by atoms with Gasteiger partial charge in [0.15, 0.2) is 5.65 Å². The fourth-order valence-electron chi connectivity index (χ4n) is 3.93. The van der Waals surface area contributed by atoms with Crippen LogP contribution in [0.5, 0.6) is 0 Å². The minimum atomic E-state index is 0.617. The highest BCUT2D eigenvalue weighted by molar-refractivity contribution is 5.79. The van der Waals surface area contributed by atoms with Gasteiger partial charge in [0.25, 0.3) is 0 Å². The van der Waals surface area contributed by atoms with Crippen LogP contribution in [0.4, 0.5) is 0 Å². The number of allylic oxidation sites excluding steroid dienone is 1. The van der Waals surface area contributed by atoms with Gasteiger partial charge in [-0.05, 0) is 59.5 Å². The van der Waals surface area contributed by atoms with E-state index in [1.165, 1.54) is 11.1 Å². The lowest BCUT2D eigenvalue weighted by Crippen LogP contribution is -2.03. The highest BCUT2D eigenvalue weighted by atomic mass is 15.4. The van der Waals surface area contributed by atoms with Crippen LogP contribution in [0.15, 0.2) is 72.9 Å². The Kier molecular flexibility index (Phi) is 3.53. The van der Waals surface area contributed by atoms with Gasteiger partial charge in [0, 0.05) is 17.1 Å². The van der Waals surface area contributed by atoms with Crippen molar-refractivity contribution in [1.29, 1.82) is 0 Å². The Morgan fingerprint density at radius 3 is 2.90 bits per heavy atom. The van der Waals surface area contributed by atoms with Gasteiger partial charge in [-0.25, -0.2) is 9.67 Å². The standard InChI is InChI=1S/C24H17N5/c1-3-17-7-8-20(14-18(17)4-1)22-10-11-23-24(26-22)29(28-27-23)15-16-6-9-21-19(13-16)5-2-12-25-21/h1-3,5-14H,4,15H2. The average molecular weight is 375 g/mol. The van der Waals surface area contributed by atoms with Crippen LogP contribution in [0.25, 0.3) is 39.4 Å². The Hall–Kier alpha value is -3.86. The number of aromatic nitrogens is 5. The highest BCUT2D eigenvalue weighted by Gasteiger charge is 2.12. The number of rotatable bonds is 3. The second-order valence-electron chi connectivity index (χ2n) is 7.34. The number of nitrogens with zero attached hydrogens (tertiary/aromatic N) is 5. The molecule has 0 N–H and O–H groups in total. The SMILES string of the molecule is C1=Cc2ccc(-c3ccc4nnn(Cc5ccc6ncccc6c5)c4n3)cc2C1. The Balaban J connectivity index is 1.39. The molecule has 0 amide bonds. The lowest BCUT2D eigenvalue weighted by Gasteiger charge is -2.07. The van der Waals surface area contributed by atoms with Crippen molar-refractivity contribution in [3.05, 3.63) is 89.6 Å². The smallest absolute Gasteiger partial charge is 0.179 e. The molecule has 3 heterocycles. The summed E-state index contributed by atoms with van der Waals surface area (Å²) in [6, 6.07) is 20.8. The Morgan fingerprint density at radius 1 is 0.931 bits per heavy atom. The van der Waals surface area contributed by atoms with E-state index in [2.05, 4.69) is 63.8 Å². The Morgan fingerprint density at radius 2 is 1.90 bits per heavy atom. The number of benzene rings is 2. The molecular formula is C24H17N5. The van der Waals surface area contributed by atoms with Gasteiger partial charge in [0.2, 0.25) is 0 Å². The van der Waals surface area contributed by atoms with E-state index in [-0.39, 0.29) is 0 Å². The molecule has 5 heteroatoms. The summed E-state index contributed by atoms with van der Waals surface area (Å²) in [5, 5.41) is 9.76. The minimum absolute atomic E-state index is 0.617. The third kappa shape index (κ3) is 2.79. The van der Waals surface area contributed by atoms with Crippen molar-refractivity contribution in [3.63, 3.8) is 0 Å². The molecule has 29 heavy (non-hydrogen) atoms. The molecule has 138 valence electrons. The number of pyridine rings is 2. The van der Waals surface area contributed by atoms with Crippen LogP contribution in [0.1, 0.15) is 16.7 Å². The van der Waals surface area contributed by atoms with Crippen LogP contribution < -0.4 is 0 Å². The third-order valence-corrected chi connectivity index (χ3v) is 5.43. The molecule has 1 aliphatic carbocycles. The van der Waals surface area contributed by atoms with Gasteiger partial charge in [0.1, 0.15) is 5.52 Å². The lowest BCUT2D eigenvalue weighted by molar-refractivity contribution is 0.665. The van der Waals surface area contributed by atoms with Gasteiger partial charge in [-0.1, -0.05) is 41.6 Å². The van der Waals surface area contributed by atoms with Crippen LogP contribution in [-0.2, 0) is 13.0 Å². The Bertz CT molecular complexity index is 1410. The maximum atomic E-state index is 4.89. The topological polar surface area (TPSA) is 56.5 Å². The fraction of sp³-hybridized carbons (Fsp3) is 0.0833. The van der Waals surface area contributed by atoms with Crippen LogP contribution in [0.2, 0.25) is 0 Å². The number of fused-ring (bicyclic) bond motifs is 3. The van der Waals surface area contributed by atoms with Gasteiger partial charge in [-0.2, -0.15) is 0 Å². The van der Waals surface area contributed by atoms with E-state index in [0.29, 0.717) is 6.54 Å². The van der Waals surface area contributed by atoms with Crippen molar-refractivity contribution in [1.82, 2.24) is 25.0 Å². The molecule has 5 nitrogen and oxygen atoms in total. The van der Waals surface area contributed by atoms with Crippen LogP contribution in [0.3, 0.4) is 0 Å². The van der Waals surface area contributed by atoms with E-state index < -0.39 is 0 Å². The predicted molar refractivity (Wildman–Crippen MR) is 114 cm³/mol. The summed E-state index contributed by atoms with van der Waals surface area (Å²) in [5.41, 5.74) is 8.45. The van der Waals surface area contributed by atoms with Crippen LogP contribution >= 0.6 is 0 Å².